The van der Waals surface area contributed by atoms with Gasteiger partial charge in [-0.15, -0.1) is 0 Å². The fraction of sp³-hybridized carbons (Fsp3) is 0.333. The van der Waals surface area contributed by atoms with E-state index in [9.17, 15) is 4.79 Å². The van der Waals surface area contributed by atoms with Crippen LogP contribution in [0.4, 0.5) is 0 Å². The summed E-state index contributed by atoms with van der Waals surface area (Å²) < 4.78 is 0. The molecule has 4 nitrogen and oxygen atoms in total. The molecule has 2 aromatic rings. The lowest BCUT2D eigenvalue weighted by Crippen LogP contribution is -2.43. The maximum atomic E-state index is 12.5. The largest absolute Gasteiger partial charge is 0.337 e. The molecule has 0 spiro atoms. The number of likely N-dealkylation sites (tertiary alicyclic amines) is 1. The molecule has 2 heterocycles. The first kappa shape index (κ1) is 12.1. The molecule has 0 unspecified atom stereocenters. The number of aromatic nitrogens is 1. The van der Waals surface area contributed by atoms with Crippen molar-refractivity contribution in [2.45, 2.75) is 18.9 Å². The standard InChI is InChI=1S/C15H17N3O/c16-12-6-9-18(10-7-12)15(19)14-13-4-2-1-3-11(13)5-8-17-14/h1-5,8,12H,6-7,9-10,16H2. The summed E-state index contributed by atoms with van der Waals surface area (Å²) in [7, 11) is 0. The van der Waals surface area contributed by atoms with E-state index in [-0.39, 0.29) is 11.9 Å². The van der Waals surface area contributed by atoms with Crippen molar-refractivity contribution in [3.63, 3.8) is 0 Å². The predicted molar refractivity (Wildman–Crippen MR) is 74.9 cm³/mol. The van der Waals surface area contributed by atoms with E-state index >= 15 is 0 Å². The third kappa shape index (κ3) is 2.31. The molecule has 1 aromatic carbocycles. The molecular formula is C15H17N3O. The van der Waals surface area contributed by atoms with Gasteiger partial charge in [-0.3, -0.25) is 9.78 Å². The van der Waals surface area contributed by atoms with Crippen LogP contribution in [0, 0.1) is 0 Å². The number of pyridine rings is 1. The van der Waals surface area contributed by atoms with Crippen LogP contribution in [-0.2, 0) is 0 Å². The molecule has 1 amide bonds. The number of carbonyl (C=O) groups excluding carboxylic acids is 1. The number of nitrogens with zero attached hydrogens (tertiary/aromatic N) is 2. The van der Waals surface area contributed by atoms with Gasteiger partial charge >= 0.3 is 0 Å². The second kappa shape index (κ2) is 4.97. The molecule has 1 aromatic heterocycles. The Morgan fingerprint density at radius 3 is 2.74 bits per heavy atom. The monoisotopic (exact) mass is 255 g/mol. The van der Waals surface area contributed by atoms with Gasteiger partial charge in [0.25, 0.3) is 5.91 Å². The number of nitrogens with two attached hydrogens (primary N) is 1. The minimum Gasteiger partial charge on any atom is -0.337 e. The van der Waals surface area contributed by atoms with Crippen LogP contribution in [-0.4, -0.2) is 34.9 Å². The number of benzene rings is 1. The van der Waals surface area contributed by atoms with Crippen molar-refractivity contribution in [1.82, 2.24) is 9.88 Å². The number of hydrogen-bond acceptors (Lipinski definition) is 3. The molecular weight excluding hydrogens is 238 g/mol. The Hall–Kier alpha value is -1.94. The molecule has 0 aliphatic carbocycles. The first-order valence-corrected chi connectivity index (χ1v) is 6.64. The topological polar surface area (TPSA) is 59.2 Å². The minimum absolute atomic E-state index is 0.0173. The molecule has 0 saturated carbocycles. The van der Waals surface area contributed by atoms with E-state index in [1.165, 1.54) is 0 Å². The Morgan fingerprint density at radius 2 is 1.95 bits per heavy atom. The van der Waals surface area contributed by atoms with Crippen LogP contribution in [0.3, 0.4) is 0 Å². The normalized spacial score (nSPS) is 16.8. The zero-order chi connectivity index (χ0) is 13.2. The fourth-order valence-corrected chi connectivity index (χ4v) is 2.54. The smallest absolute Gasteiger partial charge is 0.273 e. The van der Waals surface area contributed by atoms with Gasteiger partial charge in [-0.05, 0) is 24.3 Å². The lowest BCUT2D eigenvalue weighted by atomic mass is 10.0. The van der Waals surface area contributed by atoms with E-state index in [4.69, 9.17) is 5.73 Å². The predicted octanol–water partition coefficient (Wildman–Crippen LogP) is 1.80. The summed E-state index contributed by atoms with van der Waals surface area (Å²) in [5.74, 6) is 0.0173. The summed E-state index contributed by atoms with van der Waals surface area (Å²) in [4.78, 5) is 18.7. The first-order valence-electron chi connectivity index (χ1n) is 6.64. The fourth-order valence-electron chi connectivity index (χ4n) is 2.54. The zero-order valence-corrected chi connectivity index (χ0v) is 10.7. The number of rotatable bonds is 1. The number of fused-ring (bicyclic) bond motifs is 1. The van der Waals surface area contributed by atoms with Crippen LogP contribution in [0.15, 0.2) is 36.5 Å². The summed E-state index contributed by atoms with van der Waals surface area (Å²) >= 11 is 0. The third-order valence-corrected chi connectivity index (χ3v) is 3.70. The molecule has 4 heteroatoms. The third-order valence-electron chi connectivity index (χ3n) is 3.70. The molecule has 2 N–H and O–H groups in total. The summed E-state index contributed by atoms with van der Waals surface area (Å²) in [6, 6.07) is 10.0. The van der Waals surface area contributed by atoms with E-state index in [0.29, 0.717) is 5.69 Å². The van der Waals surface area contributed by atoms with Gasteiger partial charge in [-0.25, -0.2) is 0 Å². The van der Waals surface area contributed by atoms with E-state index < -0.39 is 0 Å². The van der Waals surface area contributed by atoms with E-state index in [1.807, 2.05) is 35.2 Å². The molecule has 1 aliphatic heterocycles. The second-order valence-electron chi connectivity index (χ2n) is 5.01. The molecule has 19 heavy (non-hydrogen) atoms. The Kier molecular flexibility index (Phi) is 3.17. The van der Waals surface area contributed by atoms with Gasteiger partial charge in [0.1, 0.15) is 5.69 Å². The Bertz CT molecular complexity index is 598. The molecule has 0 atom stereocenters. The zero-order valence-electron chi connectivity index (χ0n) is 10.7. The Labute approximate surface area is 112 Å². The quantitative estimate of drug-likeness (QED) is 0.845. The molecule has 1 fully saturated rings. The number of amides is 1. The highest BCUT2D eigenvalue weighted by Crippen LogP contribution is 2.19. The highest BCUT2D eigenvalue weighted by Gasteiger charge is 2.23. The SMILES string of the molecule is NC1CCN(C(=O)c2nccc3ccccc23)CC1. The van der Waals surface area contributed by atoms with Gasteiger partial charge in [-0.2, -0.15) is 0 Å². The van der Waals surface area contributed by atoms with Gasteiger partial charge in [0.05, 0.1) is 0 Å². The van der Waals surface area contributed by atoms with Gasteiger partial charge < -0.3 is 10.6 Å². The molecule has 98 valence electrons. The average Bonchev–Trinajstić information content (AvgIpc) is 2.47. The summed E-state index contributed by atoms with van der Waals surface area (Å²) in [5.41, 5.74) is 6.42. The van der Waals surface area contributed by atoms with Gasteiger partial charge in [-0.1, -0.05) is 24.3 Å². The van der Waals surface area contributed by atoms with E-state index in [0.717, 1.165) is 36.7 Å². The average molecular weight is 255 g/mol. The number of carbonyl (C=O) groups is 1. The van der Waals surface area contributed by atoms with Gasteiger partial charge in [0.2, 0.25) is 0 Å². The Balaban J connectivity index is 1.93. The van der Waals surface area contributed by atoms with Crippen molar-refractivity contribution in [3.05, 3.63) is 42.2 Å². The highest BCUT2D eigenvalue weighted by atomic mass is 16.2. The van der Waals surface area contributed by atoms with Crippen LogP contribution in [0.2, 0.25) is 0 Å². The van der Waals surface area contributed by atoms with Gasteiger partial charge in [0.15, 0.2) is 0 Å². The Morgan fingerprint density at radius 1 is 1.21 bits per heavy atom. The minimum atomic E-state index is 0.0173. The summed E-state index contributed by atoms with van der Waals surface area (Å²) in [5, 5.41) is 1.97. The number of piperidine rings is 1. The van der Waals surface area contributed by atoms with E-state index in [1.54, 1.807) is 6.20 Å². The maximum absolute atomic E-state index is 12.5. The first-order chi connectivity index (χ1) is 9.25. The lowest BCUT2D eigenvalue weighted by Gasteiger charge is -2.30. The molecule has 1 aliphatic rings. The lowest BCUT2D eigenvalue weighted by molar-refractivity contribution is 0.0711. The second-order valence-corrected chi connectivity index (χ2v) is 5.01. The van der Waals surface area contributed by atoms with Crippen molar-refractivity contribution < 1.29 is 4.79 Å². The van der Waals surface area contributed by atoms with Crippen LogP contribution in [0.25, 0.3) is 10.8 Å². The van der Waals surface area contributed by atoms with Crippen molar-refractivity contribution in [1.29, 1.82) is 0 Å². The molecule has 0 bridgehead atoms. The van der Waals surface area contributed by atoms with Crippen LogP contribution in [0.5, 0.6) is 0 Å². The van der Waals surface area contributed by atoms with Crippen molar-refractivity contribution in [3.8, 4) is 0 Å². The number of hydrogen-bond donors (Lipinski definition) is 1. The molecule has 0 radical (unpaired) electrons. The van der Waals surface area contributed by atoms with E-state index in [2.05, 4.69) is 4.98 Å². The highest BCUT2D eigenvalue weighted by molar-refractivity contribution is 6.05. The van der Waals surface area contributed by atoms with Crippen LogP contribution < -0.4 is 5.73 Å². The molecule has 3 rings (SSSR count). The molecule has 1 saturated heterocycles. The van der Waals surface area contributed by atoms with Crippen LogP contribution >= 0.6 is 0 Å². The van der Waals surface area contributed by atoms with Crippen LogP contribution in [0.1, 0.15) is 23.3 Å². The summed E-state index contributed by atoms with van der Waals surface area (Å²) in [6.07, 6.45) is 3.44. The van der Waals surface area contributed by atoms with Crippen molar-refractivity contribution in [2.24, 2.45) is 5.73 Å². The van der Waals surface area contributed by atoms with Gasteiger partial charge in [0, 0.05) is 30.7 Å². The van der Waals surface area contributed by atoms with Crippen molar-refractivity contribution in [2.75, 3.05) is 13.1 Å². The maximum Gasteiger partial charge on any atom is 0.273 e. The van der Waals surface area contributed by atoms with Crippen molar-refractivity contribution >= 4 is 16.7 Å². The summed E-state index contributed by atoms with van der Waals surface area (Å²) in [6.45, 7) is 1.45.